The lowest BCUT2D eigenvalue weighted by molar-refractivity contribution is -0.00828. The molecule has 196 valence electrons. The van der Waals surface area contributed by atoms with Gasteiger partial charge in [0.15, 0.2) is 6.29 Å². The van der Waals surface area contributed by atoms with Gasteiger partial charge >= 0.3 is 0 Å². The average molecular weight is 481 g/mol. The van der Waals surface area contributed by atoms with Crippen molar-refractivity contribution in [1.29, 1.82) is 0 Å². The molecule has 0 spiro atoms. The van der Waals surface area contributed by atoms with Crippen LogP contribution in [0.2, 0.25) is 0 Å². The Hall–Kier alpha value is -0.610. The summed E-state index contributed by atoms with van der Waals surface area (Å²) in [5, 5.41) is 8.28. The van der Waals surface area contributed by atoms with Crippen molar-refractivity contribution >= 4 is 5.84 Å². The Bertz CT molecular complexity index is 753. The quantitative estimate of drug-likeness (QED) is 0.466. The van der Waals surface area contributed by atoms with Crippen LogP contribution in [-0.4, -0.2) is 35.3 Å². The fourth-order valence-corrected chi connectivity index (χ4v) is 10.5. The van der Waals surface area contributed by atoms with Crippen LogP contribution in [0.4, 0.5) is 0 Å². The van der Waals surface area contributed by atoms with Gasteiger partial charge in [-0.15, -0.1) is 0 Å². The van der Waals surface area contributed by atoms with Gasteiger partial charge in [-0.3, -0.25) is 10.2 Å². The van der Waals surface area contributed by atoms with Gasteiger partial charge in [-0.1, -0.05) is 70.6 Å². The Kier molecular flexibility index (Phi) is 6.90. The molecule has 8 atom stereocenters. The summed E-state index contributed by atoms with van der Waals surface area (Å²) >= 11 is 0. The topological polar surface area (TPSA) is 39.7 Å². The van der Waals surface area contributed by atoms with Crippen molar-refractivity contribution in [3.05, 3.63) is 0 Å². The molecule has 0 radical (unpaired) electrons. The van der Waals surface area contributed by atoms with Gasteiger partial charge in [-0.2, -0.15) is 0 Å². The molecule has 7 aliphatic rings. The molecule has 2 heterocycles. The maximum absolute atomic E-state index is 5.67. The Morgan fingerprint density at radius 2 is 1.23 bits per heavy atom. The number of nitrogens with zero attached hydrogens (tertiary/aromatic N) is 2. The third kappa shape index (κ3) is 4.41. The molecule has 2 N–H and O–H groups in total. The summed E-state index contributed by atoms with van der Waals surface area (Å²) in [7, 11) is 0. The number of hydrogen-bond acceptors (Lipinski definition) is 4. The molecule has 6 fully saturated rings. The van der Waals surface area contributed by atoms with Gasteiger partial charge in [0, 0.05) is 18.0 Å². The molecule has 0 aromatic carbocycles. The molecule has 5 aliphatic carbocycles. The number of hydrogen-bond donors (Lipinski definition) is 2. The highest BCUT2D eigenvalue weighted by atomic mass is 15.5. The minimum atomic E-state index is 0.237. The number of amidine groups is 1. The molecule has 0 aromatic heterocycles. The van der Waals surface area contributed by atoms with Crippen LogP contribution in [0.1, 0.15) is 128 Å². The highest BCUT2D eigenvalue weighted by Gasteiger charge is 2.57. The highest BCUT2D eigenvalue weighted by Crippen LogP contribution is 2.56. The third-order valence-corrected chi connectivity index (χ3v) is 12.1. The summed E-state index contributed by atoms with van der Waals surface area (Å²) < 4.78 is 0. The van der Waals surface area contributed by atoms with Gasteiger partial charge in [0.2, 0.25) is 0 Å². The molecule has 8 unspecified atom stereocenters. The van der Waals surface area contributed by atoms with E-state index in [0.717, 1.165) is 41.7 Å². The lowest BCUT2D eigenvalue weighted by Crippen LogP contribution is -2.66. The maximum Gasteiger partial charge on any atom is 0.160 e. The molecular weight excluding hydrogens is 428 g/mol. The minimum absolute atomic E-state index is 0.237. The molecule has 2 aliphatic heterocycles. The monoisotopic (exact) mass is 480 g/mol. The van der Waals surface area contributed by atoms with Gasteiger partial charge in [0.05, 0.1) is 6.17 Å². The van der Waals surface area contributed by atoms with Crippen molar-refractivity contribution in [2.24, 2.45) is 40.5 Å². The standard InChI is InChI=1S/C31H52N4/c1-3-12-22(13-4-1)29-32-30(23-14-5-2-6-15-23)34-31(33-29)35-27-18-10-9-17-25(27)26-20-19-21-11-7-8-16-24(21)28(26)35/h21-29,31,33H,1-20H2,(H,32,34). The molecule has 0 aromatic rings. The van der Waals surface area contributed by atoms with Gasteiger partial charge in [-0.05, 0) is 87.4 Å². The van der Waals surface area contributed by atoms with Gasteiger partial charge in [-0.25, -0.2) is 4.99 Å². The van der Waals surface area contributed by atoms with Crippen LogP contribution in [0, 0.1) is 35.5 Å². The molecule has 1 saturated heterocycles. The van der Waals surface area contributed by atoms with E-state index in [9.17, 15) is 0 Å². The second kappa shape index (κ2) is 10.3. The predicted molar refractivity (Wildman–Crippen MR) is 144 cm³/mol. The third-order valence-electron chi connectivity index (χ3n) is 12.1. The van der Waals surface area contributed by atoms with Crippen molar-refractivity contribution in [3.8, 4) is 0 Å². The molecule has 7 rings (SSSR count). The largest absolute Gasteiger partial charge is 0.358 e. The van der Waals surface area contributed by atoms with Crippen LogP contribution in [0.15, 0.2) is 4.99 Å². The predicted octanol–water partition coefficient (Wildman–Crippen LogP) is 6.81. The Balaban J connectivity index is 1.23. The number of rotatable bonds is 3. The van der Waals surface area contributed by atoms with Crippen molar-refractivity contribution < 1.29 is 0 Å². The molecule has 0 amide bonds. The zero-order chi connectivity index (χ0) is 23.2. The van der Waals surface area contributed by atoms with E-state index in [1.54, 1.807) is 0 Å². The van der Waals surface area contributed by atoms with E-state index in [-0.39, 0.29) is 6.29 Å². The zero-order valence-electron chi connectivity index (χ0n) is 22.3. The SMILES string of the molecule is C1CCC(C2=NC(N3C4CCCCC4C4CCC5CCCCC5C43)NC(C3CCCCC3)N2)CC1. The summed E-state index contributed by atoms with van der Waals surface area (Å²) in [6, 6.07) is 1.60. The van der Waals surface area contributed by atoms with Crippen molar-refractivity contribution in [3.63, 3.8) is 0 Å². The molecule has 4 heteroatoms. The molecule has 4 nitrogen and oxygen atoms in total. The van der Waals surface area contributed by atoms with E-state index >= 15 is 0 Å². The van der Waals surface area contributed by atoms with Gasteiger partial charge in [0.25, 0.3) is 0 Å². The first kappa shape index (κ1) is 23.5. The fourth-order valence-electron chi connectivity index (χ4n) is 10.5. The smallest absolute Gasteiger partial charge is 0.160 e. The van der Waals surface area contributed by atoms with Crippen LogP contribution in [0.3, 0.4) is 0 Å². The number of nitrogens with one attached hydrogen (secondary N) is 2. The Labute approximate surface area is 214 Å². The second-order valence-corrected chi connectivity index (χ2v) is 13.8. The van der Waals surface area contributed by atoms with Crippen LogP contribution in [-0.2, 0) is 0 Å². The first-order chi connectivity index (χ1) is 17.4. The summed E-state index contributed by atoms with van der Waals surface area (Å²) in [6.45, 7) is 0. The number of fused-ring (bicyclic) bond motifs is 5. The van der Waals surface area contributed by atoms with Crippen molar-refractivity contribution in [1.82, 2.24) is 15.5 Å². The summed E-state index contributed by atoms with van der Waals surface area (Å²) in [5.41, 5.74) is 0. The maximum atomic E-state index is 5.67. The average Bonchev–Trinajstić information content (AvgIpc) is 3.29. The van der Waals surface area contributed by atoms with Crippen LogP contribution in [0.25, 0.3) is 0 Å². The summed E-state index contributed by atoms with van der Waals surface area (Å²) in [5.74, 6) is 6.75. The zero-order valence-corrected chi connectivity index (χ0v) is 22.3. The highest BCUT2D eigenvalue weighted by molar-refractivity contribution is 5.85. The van der Waals surface area contributed by atoms with Crippen molar-refractivity contribution in [2.75, 3.05) is 0 Å². The minimum Gasteiger partial charge on any atom is -0.358 e. The normalized spacial score (nSPS) is 45.7. The summed E-state index contributed by atoms with van der Waals surface area (Å²) in [4.78, 5) is 8.75. The number of aliphatic imine (C=N–C) groups is 1. The van der Waals surface area contributed by atoms with Gasteiger partial charge < -0.3 is 5.32 Å². The lowest BCUT2D eigenvalue weighted by Gasteiger charge is -2.50. The van der Waals surface area contributed by atoms with E-state index in [2.05, 4.69) is 15.5 Å². The van der Waals surface area contributed by atoms with Crippen LogP contribution >= 0.6 is 0 Å². The molecular formula is C31H52N4. The lowest BCUT2D eigenvalue weighted by atomic mass is 9.62. The van der Waals surface area contributed by atoms with Crippen molar-refractivity contribution in [2.45, 2.75) is 153 Å². The second-order valence-electron chi connectivity index (χ2n) is 13.8. The Morgan fingerprint density at radius 3 is 2.06 bits per heavy atom. The fraction of sp³-hybridized carbons (Fsp3) is 0.968. The van der Waals surface area contributed by atoms with E-state index < -0.39 is 0 Å². The first-order valence-electron chi connectivity index (χ1n) is 16.2. The molecule has 0 bridgehead atoms. The molecule has 5 saturated carbocycles. The first-order valence-corrected chi connectivity index (χ1v) is 16.2. The molecule has 35 heavy (non-hydrogen) atoms. The summed E-state index contributed by atoms with van der Waals surface area (Å²) in [6.07, 6.45) is 29.6. The van der Waals surface area contributed by atoms with E-state index in [4.69, 9.17) is 4.99 Å². The van der Waals surface area contributed by atoms with E-state index in [1.807, 2.05) is 0 Å². The van der Waals surface area contributed by atoms with Gasteiger partial charge in [0.1, 0.15) is 5.84 Å². The number of likely N-dealkylation sites (tertiary alicyclic amines) is 1. The van der Waals surface area contributed by atoms with Crippen LogP contribution in [0.5, 0.6) is 0 Å². The van der Waals surface area contributed by atoms with E-state index in [1.165, 1.54) is 134 Å². The Morgan fingerprint density at radius 1 is 0.571 bits per heavy atom. The van der Waals surface area contributed by atoms with E-state index in [0.29, 0.717) is 12.1 Å². The van der Waals surface area contributed by atoms with Crippen LogP contribution < -0.4 is 10.6 Å².